The fourth-order valence-electron chi connectivity index (χ4n) is 1.50. The summed E-state index contributed by atoms with van der Waals surface area (Å²) < 4.78 is 5.01. The number of aromatic amines is 1. The number of fused-ring (bicyclic) bond motifs is 1. The number of carbonyl (C=O) groups is 1. The number of imidazole rings is 1. The lowest BCUT2D eigenvalue weighted by Gasteiger charge is -2.01. The van der Waals surface area contributed by atoms with Gasteiger partial charge in [-0.15, -0.1) is 0 Å². The molecule has 0 saturated carbocycles. The van der Waals surface area contributed by atoms with Gasteiger partial charge in [0, 0.05) is 6.07 Å². The van der Waals surface area contributed by atoms with Crippen molar-refractivity contribution in [2.24, 2.45) is 0 Å². The first-order valence-corrected chi connectivity index (χ1v) is 4.39. The van der Waals surface area contributed by atoms with Crippen LogP contribution in [0.5, 0.6) is 5.75 Å². The summed E-state index contributed by atoms with van der Waals surface area (Å²) in [4.78, 5) is 18.1. The fraction of sp³-hybridized carbons (Fsp3) is 0.200. The highest BCUT2D eigenvalue weighted by Gasteiger charge is 2.13. The van der Waals surface area contributed by atoms with E-state index >= 15 is 0 Å². The number of aryl methyl sites for hydroxylation is 1. The lowest BCUT2D eigenvalue weighted by atomic mass is 10.2. The zero-order chi connectivity index (χ0) is 11.0. The summed E-state index contributed by atoms with van der Waals surface area (Å²) in [6.45, 7) is 1.78. The number of H-pyrrole nitrogens is 1. The van der Waals surface area contributed by atoms with Crippen LogP contribution in [0.25, 0.3) is 11.0 Å². The first-order valence-electron chi connectivity index (χ1n) is 4.39. The lowest BCUT2D eigenvalue weighted by Crippen LogP contribution is -1.98. The Balaban J connectivity index is 2.79. The molecular formula is C10H10N2O3. The highest BCUT2D eigenvalue weighted by molar-refractivity contribution is 6.01. The van der Waals surface area contributed by atoms with Gasteiger partial charge in [-0.05, 0) is 13.0 Å². The third-order valence-corrected chi connectivity index (χ3v) is 2.15. The molecule has 0 aliphatic carbocycles. The van der Waals surface area contributed by atoms with Gasteiger partial charge in [-0.2, -0.15) is 0 Å². The molecule has 2 rings (SSSR count). The van der Waals surface area contributed by atoms with Crippen LogP contribution in [0.2, 0.25) is 0 Å². The van der Waals surface area contributed by atoms with Gasteiger partial charge in [0.1, 0.15) is 11.6 Å². The predicted octanol–water partition coefficient (Wildman–Crippen LogP) is 1.58. The first-order chi connectivity index (χ1) is 7.11. The smallest absolute Gasteiger partial charge is 0.338 e. The Morgan fingerprint density at radius 2 is 2.27 bits per heavy atom. The molecule has 0 aliphatic rings. The van der Waals surface area contributed by atoms with Crippen molar-refractivity contribution in [3.05, 3.63) is 23.5 Å². The molecule has 0 unspecified atom stereocenters. The molecule has 5 heteroatoms. The van der Waals surface area contributed by atoms with Crippen molar-refractivity contribution >= 4 is 17.0 Å². The maximum absolute atomic E-state index is 11.0. The van der Waals surface area contributed by atoms with Crippen LogP contribution in [0.4, 0.5) is 0 Å². The van der Waals surface area contributed by atoms with Crippen LogP contribution in [0, 0.1) is 6.92 Å². The van der Waals surface area contributed by atoms with Crippen LogP contribution in [0.1, 0.15) is 16.2 Å². The molecule has 2 aromatic rings. The quantitative estimate of drug-likeness (QED) is 0.782. The molecule has 2 N–H and O–H groups in total. The number of hydrogen-bond donors (Lipinski definition) is 2. The number of carboxylic acids is 1. The highest BCUT2D eigenvalue weighted by atomic mass is 16.5. The number of ether oxygens (including phenoxy) is 1. The summed E-state index contributed by atoms with van der Waals surface area (Å²) in [5, 5.41) is 9.01. The van der Waals surface area contributed by atoms with Gasteiger partial charge in [0.2, 0.25) is 0 Å². The van der Waals surface area contributed by atoms with Gasteiger partial charge in [-0.3, -0.25) is 0 Å². The van der Waals surface area contributed by atoms with Gasteiger partial charge in [-0.25, -0.2) is 9.78 Å². The molecule has 0 radical (unpaired) electrons. The Hall–Kier alpha value is -2.04. The normalized spacial score (nSPS) is 10.5. The minimum atomic E-state index is -0.998. The molecule has 1 heterocycles. The van der Waals surface area contributed by atoms with Crippen LogP contribution in [0.15, 0.2) is 12.1 Å². The standard InChI is InChI=1S/C10H10N2O3/c1-5-11-8-4-6(15-2)3-7(10(13)14)9(8)12-5/h3-4H,1-2H3,(H,11,12)(H,13,14). The van der Waals surface area contributed by atoms with Crippen molar-refractivity contribution in [1.82, 2.24) is 9.97 Å². The lowest BCUT2D eigenvalue weighted by molar-refractivity contribution is 0.0698. The number of aromatic nitrogens is 2. The van der Waals surface area contributed by atoms with Crippen LogP contribution < -0.4 is 4.74 Å². The van der Waals surface area contributed by atoms with Crippen LogP contribution in [0.3, 0.4) is 0 Å². The topological polar surface area (TPSA) is 75.2 Å². The molecular weight excluding hydrogens is 196 g/mol. The van der Waals surface area contributed by atoms with E-state index in [0.717, 1.165) is 0 Å². The molecule has 0 amide bonds. The minimum absolute atomic E-state index is 0.171. The Bertz CT molecular complexity index is 531. The van der Waals surface area contributed by atoms with Crippen LogP contribution in [-0.2, 0) is 0 Å². The second kappa shape index (κ2) is 3.27. The van der Waals surface area contributed by atoms with E-state index in [9.17, 15) is 4.79 Å². The Morgan fingerprint density at radius 1 is 1.53 bits per heavy atom. The summed E-state index contributed by atoms with van der Waals surface area (Å²) in [6.07, 6.45) is 0. The minimum Gasteiger partial charge on any atom is -0.497 e. The summed E-state index contributed by atoms with van der Waals surface area (Å²) in [5.74, 6) is 0.176. The molecule has 1 aromatic carbocycles. The van der Waals surface area contributed by atoms with Crippen molar-refractivity contribution in [3.63, 3.8) is 0 Å². The van der Waals surface area contributed by atoms with Gasteiger partial charge in [-0.1, -0.05) is 0 Å². The summed E-state index contributed by atoms with van der Waals surface area (Å²) in [6, 6.07) is 3.17. The number of nitrogens with zero attached hydrogens (tertiary/aromatic N) is 1. The number of aromatic carboxylic acids is 1. The molecule has 78 valence electrons. The number of methoxy groups -OCH3 is 1. The third-order valence-electron chi connectivity index (χ3n) is 2.15. The average molecular weight is 206 g/mol. The molecule has 1 aromatic heterocycles. The van der Waals surface area contributed by atoms with Crippen molar-refractivity contribution in [2.45, 2.75) is 6.92 Å². The van der Waals surface area contributed by atoms with E-state index in [1.54, 1.807) is 13.0 Å². The Kier molecular flexibility index (Phi) is 2.07. The Morgan fingerprint density at radius 3 is 2.87 bits per heavy atom. The second-order valence-corrected chi connectivity index (χ2v) is 3.20. The molecule has 0 aliphatic heterocycles. The van der Waals surface area contributed by atoms with E-state index in [1.807, 2.05) is 0 Å². The van der Waals surface area contributed by atoms with Crippen LogP contribution >= 0.6 is 0 Å². The first kappa shape index (κ1) is 9.51. The van der Waals surface area contributed by atoms with Crippen molar-refractivity contribution < 1.29 is 14.6 Å². The summed E-state index contributed by atoms with van der Waals surface area (Å²) >= 11 is 0. The largest absolute Gasteiger partial charge is 0.497 e. The average Bonchev–Trinajstić information content (AvgIpc) is 2.55. The monoisotopic (exact) mass is 206 g/mol. The van der Waals surface area contributed by atoms with E-state index in [4.69, 9.17) is 9.84 Å². The van der Waals surface area contributed by atoms with E-state index in [-0.39, 0.29) is 5.56 Å². The number of carboxylic acid groups (broad SMARTS) is 1. The molecule has 0 fully saturated rings. The van der Waals surface area contributed by atoms with Gasteiger partial charge in [0.25, 0.3) is 0 Å². The molecule has 5 nitrogen and oxygen atoms in total. The van der Waals surface area contributed by atoms with Gasteiger partial charge >= 0.3 is 5.97 Å². The van der Waals surface area contributed by atoms with Crippen LogP contribution in [-0.4, -0.2) is 28.2 Å². The van der Waals surface area contributed by atoms with E-state index in [2.05, 4.69) is 9.97 Å². The van der Waals surface area contributed by atoms with Crippen molar-refractivity contribution in [1.29, 1.82) is 0 Å². The zero-order valence-corrected chi connectivity index (χ0v) is 8.37. The molecule has 15 heavy (non-hydrogen) atoms. The zero-order valence-electron chi connectivity index (χ0n) is 8.37. The van der Waals surface area contributed by atoms with Gasteiger partial charge < -0.3 is 14.8 Å². The van der Waals surface area contributed by atoms with Crippen molar-refractivity contribution in [2.75, 3.05) is 7.11 Å². The molecule has 0 atom stereocenters. The van der Waals surface area contributed by atoms with E-state index in [1.165, 1.54) is 13.2 Å². The number of hydrogen-bond acceptors (Lipinski definition) is 3. The number of nitrogens with one attached hydrogen (secondary N) is 1. The van der Waals surface area contributed by atoms with Crippen molar-refractivity contribution in [3.8, 4) is 5.75 Å². The summed E-state index contributed by atoms with van der Waals surface area (Å²) in [7, 11) is 1.49. The van der Waals surface area contributed by atoms with Gasteiger partial charge in [0.05, 0.1) is 23.7 Å². The Labute approximate surface area is 85.7 Å². The van der Waals surface area contributed by atoms with E-state index < -0.39 is 5.97 Å². The number of benzene rings is 1. The highest BCUT2D eigenvalue weighted by Crippen LogP contribution is 2.23. The van der Waals surface area contributed by atoms with Gasteiger partial charge in [0.15, 0.2) is 0 Å². The van der Waals surface area contributed by atoms with E-state index in [0.29, 0.717) is 22.6 Å². The number of rotatable bonds is 2. The maximum Gasteiger partial charge on any atom is 0.338 e. The fourth-order valence-corrected chi connectivity index (χ4v) is 1.50. The molecule has 0 saturated heterocycles. The SMILES string of the molecule is COc1cc(C(=O)O)c2[nH]c(C)nc2c1. The second-order valence-electron chi connectivity index (χ2n) is 3.20. The maximum atomic E-state index is 11.0. The predicted molar refractivity (Wildman–Crippen MR) is 54.3 cm³/mol. The summed E-state index contributed by atoms with van der Waals surface area (Å²) in [5.41, 5.74) is 1.30. The third kappa shape index (κ3) is 1.52. The molecule has 0 bridgehead atoms. The molecule has 0 spiro atoms.